The molecule has 0 spiro atoms. The molecule has 0 aliphatic carbocycles. The largest absolute Gasteiger partial charge is 0.317 e. The maximum atomic E-state index is 12.0. The predicted octanol–water partition coefficient (Wildman–Crippen LogP) is 1.61. The lowest BCUT2D eigenvalue weighted by atomic mass is 10.2. The normalized spacial score (nSPS) is 12.0. The summed E-state index contributed by atoms with van der Waals surface area (Å²) in [5.74, 6) is 0. The Morgan fingerprint density at radius 3 is 2.50 bits per heavy atom. The highest BCUT2D eigenvalue weighted by Gasteiger charge is 2.16. The first kappa shape index (κ1) is 17.4. The first-order valence-electron chi connectivity index (χ1n) is 6.62. The van der Waals surface area contributed by atoms with E-state index in [1.165, 1.54) is 4.31 Å². The van der Waals surface area contributed by atoms with Crippen LogP contribution in [0, 0.1) is 0 Å². The number of hydrogen-bond acceptors (Lipinski definition) is 3. The Morgan fingerprint density at radius 1 is 1.25 bits per heavy atom. The molecule has 2 N–H and O–H groups in total. The second kappa shape index (κ2) is 8.59. The quantitative estimate of drug-likeness (QED) is 0.680. The van der Waals surface area contributed by atoms with E-state index in [1.54, 1.807) is 31.3 Å². The van der Waals surface area contributed by atoms with Crippen molar-refractivity contribution in [2.24, 2.45) is 0 Å². The summed E-state index contributed by atoms with van der Waals surface area (Å²) in [6, 6.07) is 7.09. The van der Waals surface area contributed by atoms with Crippen LogP contribution >= 0.6 is 11.6 Å². The molecule has 0 fully saturated rings. The van der Waals surface area contributed by atoms with Crippen molar-refractivity contribution in [1.29, 1.82) is 0 Å². The highest BCUT2D eigenvalue weighted by molar-refractivity contribution is 7.87. The minimum atomic E-state index is -3.43. The fourth-order valence-corrected chi connectivity index (χ4v) is 2.68. The van der Waals surface area contributed by atoms with Gasteiger partial charge in [-0.15, -0.1) is 0 Å². The molecule has 0 aliphatic heterocycles. The van der Waals surface area contributed by atoms with Gasteiger partial charge in [0.2, 0.25) is 0 Å². The number of nitrogens with zero attached hydrogens (tertiary/aromatic N) is 1. The lowest BCUT2D eigenvalue weighted by molar-refractivity contribution is 0.445. The molecule has 1 rings (SSSR count). The van der Waals surface area contributed by atoms with Crippen LogP contribution in [0.3, 0.4) is 0 Å². The SMILES string of the molecule is CCNCCCN(C)S(=O)(=O)NCc1ccc(Cl)cc1. The van der Waals surface area contributed by atoms with Crippen molar-refractivity contribution in [2.75, 3.05) is 26.7 Å². The fraction of sp³-hybridized carbons (Fsp3) is 0.538. The minimum absolute atomic E-state index is 0.261. The van der Waals surface area contributed by atoms with Gasteiger partial charge < -0.3 is 5.32 Å². The summed E-state index contributed by atoms with van der Waals surface area (Å²) < 4.78 is 27.9. The summed E-state index contributed by atoms with van der Waals surface area (Å²) in [6.07, 6.45) is 0.784. The summed E-state index contributed by atoms with van der Waals surface area (Å²) in [5.41, 5.74) is 0.874. The van der Waals surface area contributed by atoms with Gasteiger partial charge in [-0.25, -0.2) is 0 Å². The van der Waals surface area contributed by atoms with Crippen molar-refractivity contribution in [2.45, 2.75) is 19.9 Å². The Labute approximate surface area is 126 Å². The van der Waals surface area contributed by atoms with Gasteiger partial charge in [-0.3, -0.25) is 0 Å². The topological polar surface area (TPSA) is 61.4 Å². The molecule has 5 nitrogen and oxygen atoms in total. The third-order valence-corrected chi connectivity index (χ3v) is 4.62. The highest BCUT2D eigenvalue weighted by atomic mass is 35.5. The molecule has 114 valence electrons. The number of hydrogen-bond donors (Lipinski definition) is 2. The first-order chi connectivity index (χ1) is 9.45. The monoisotopic (exact) mass is 319 g/mol. The van der Waals surface area contributed by atoms with Gasteiger partial charge in [0.15, 0.2) is 0 Å². The zero-order chi connectivity index (χ0) is 15.0. The van der Waals surface area contributed by atoms with Gasteiger partial charge in [-0.1, -0.05) is 30.7 Å². The number of rotatable bonds is 9. The molecule has 1 aromatic carbocycles. The van der Waals surface area contributed by atoms with Crippen LogP contribution in [-0.4, -0.2) is 39.4 Å². The van der Waals surface area contributed by atoms with Crippen LogP contribution in [0.15, 0.2) is 24.3 Å². The summed E-state index contributed by atoms with van der Waals surface area (Å²) >= 11 is 5.78. The molecule has 0 bridgehead atoms. The molecule has 0 amide bonds. The van der Waals surface area contributed by atoms with Gasteiger partial charge in [-0.05, 0) is 37.2 Å². The van der Waals surface area contributed by atoms with Crippen LogP contribution in [-0.2, 0) is 16.8 Å². The average Bonchev–Trinajstić information content (AvgIpc) is 2.43. The predicted molar refractivity (Wildman–Crippen MR) is 83.0 cm³/mol. The molecule has 0 unspecified atom stereocenters. The van der Waals surface area contributed by atoms with Crippen molar-refractivity contribution in [3.05, 3.63) is 34.9 Å². The van der Waals surface area contributed by atoms with Crippen LogP contribution in [0.4, 0.5) is 0 Å². The molecule has 0 saturated heterocycles. The third-order valence-electron chi connectivity index (χ3n) is 2.86. The van der Waals surface area contributed by atoms with Crippen molar-refractivity contribution in [3.8, 4) is 0 Å². The molecule has 0 saturated carbocycles. The number of halogens is 1. The molecule has 7 heteroatoms. The lowest BCUT2D eigenvalue weighted by Gasteiger charge is -2.17. The molecular formula is C13H22ClN3O2S. The van der Waals surface area contributed by atoms with E-state index in [0.29, 0.717) is 11.6 Å². The average molecular weight is 320 g/mol. The molecule has 0 atom stereocenters. The Morgan fingerprint density at radius 2 is 1.90 bits per heavy atom. The van der Waals surface area contributed by atoms with Crippen molar-refractivity contribution in [1.82, 2.24) is 14.3 Å². The number of nitrogens with one attached hydrogen (secondary N) is 2. The zero-order valence-corrected chi connectivity index (χ0v) is 13.5. The summed E-state index contributed by atoms with van der Waals surface area (Å²) in [7, 11) is -1.85. The van der Waals surface area contributed by atoms with Crippen LogP contribution in [0.2, 0.25) is 5.02 Å². The van der Waals surface area contributed by atoms with E-state index in [-0.39, 0.29) is 6.54 Å². The number of benzene rings is 1. The van der Waals surface area contributed by atoms with Crippen molar-refractivity contribution >= 4 is 21.8 Å². The van der Waals surface area contributed by atoms with Gasteiger partial charge in [0.25, 0.3) is 10.2 Å². The fourth-order valence-electron chi connectivity index (χ4n) is 1.61. The van der Waals surface area contributed by atoms with Gasteiger partial charge in [0.1, 0.15) is 0 Å². The van der Waals surface area contributed by atoms with Gasteiger partial charge in [-0.2, -0.15) is 17.4 Å². The van der Waals surface area contributed by atoms with E-state index in [1.807, 2.05) is 6.92 Å². The van der Waals surface area contributed by atoms with E-state index < -0.39 is 10.2 Å². The van der Waals surface area contributed by atoms with Gasteiger partial charge in [0, 0.05) is 25.2 Å². The minimum Gasteiger partial charge on any atom is -0.317 e. The lowest BCUT2D eigenvalue weighted by Crippen LogP contribution is -2.39. The van der Waals surface area contributed by atoms with E-state index in [9.17, 15) is 8.42 Å². The van der Waals surface area contributed by atoms with Crippen LogP contribution < -0.4 is 10.0 Å². The highest BCUT2D eigenvalue weighted by Crippen LogP contribution is 2.09. The van der Waals surface area contributed by atoms with E-state index in [2.05, 4.69) is 10.0 Å². The van der Waals surface area contributed by atoms with E-state index in [4.69, 9.17) is 11.6 Å². The Bertz CT molecular complexity index is 491. The second-order valence-corrected chi connectivity index (χ2v) is 6.78. The Kier molecular flexibility index (Phi) is 7.47. The van der Waals surface area contributed by atoms with Gasteiger partial charge >= 0.3 is 0 Å². The molecule has 0 aromatic heterocycles. The third kappa shape index (κ3) is 6.19. The molecule has 1 aromatic rings. The maximum absolute atomic E-state index is 12.0. The standard InChI is InChI=1S/C13H22ClN3O2S/c1-3-15-9-4-10-17(2)20(18,19)16-11-12-5-7-13(14)8-6-12/h5-8,15-16H,3-4,9-11H2,1-2H3. The zero-order valence-electron chi connectivity index (χ0n) is 11.9. The summed E-state index contributed by atoms with van der Waals surface area (Å²) in [4.78, 5) is 0. The van der Waals surface area contributed by atoms with Crippen molar-refractivity contribution in [3.63, 3.8) is 0 Å². The van der Waals surface area contributed by atoms with Gasteiger partial charge in [0.05, 0.1) is 0 Å². The Hall–Kier alpha value is -0.660. The second-order valence-electron chi connectivity index (χ2n) is 4.48. The smallest absolute Gasteiger partial charge is 0.279 e. The van der Waals surface area contributed by atoms with E-state index in [0.717, 1.165) is 25.1 Å². The van der Waals surface area contributed by atoms with Crippen molar-refractivity contribution < 1.29 is 8.42 Å². The van der Waals surface area contributed by atoms with E-state index >= 15 is 0 Å². The molecular weight excluding hydrogens is 298 g/mol. The first-order valence-corrected chi connectivity index (χ1v) is 8.43. The van der Waals surface area contributed by atoms with Crippen LogP contribution in [0.5, 0.6) is 0 Å². The maximum Gasteiger partial charge on any atom is 0.279 e. The molecule has 0 heterocycles. The molecule has 20 heavy (non-hydrogen) atoms. The molecule has 0 radical (unpaired) electrons. The van der Waals surface area contributed by atoms with Crippen LogP contribution in [0.25, 0.3) is 0 Å². The van der Waals surface area contributed by atoms with Crippen LogP contribution in [0.1, 0.15) is 18.9 Å². The Balaban J connectivity index is 2.42. The molecule has 0 aliphatic rings. The summed E-state index contributed by atoms with van der Waals surface area (Å²) in [5, 5.41) is 3.80. The summed E-state index contributed by atoms with van der Waals surface area (Å²) in [6.45, 7) is 4.48.